The second-order valence-corrected chi connectivity index (χ2v) is 5.05. The molecular formula is C15H15Cl2NO2. The monoisotopic (exact) mass is 311 g/mol. The van der Waals surface area contributed by atoms with Crippen molar-refractivity contribution in [3.05, 3.63) is 57.6 Å². The predicted octanol–water partition coefficient (Wildman–Crippen LogP) is 4.06. The minimum Gasteiger partial charge on any atom is -0.495 e. The maximum absolute atomic E-state index is 6.28. The average molecular weight is 312 g/mol. The fraction of sp³-hybridized carbons (Fsp3) is 0.200. The first-order valence-corrected chi connectivity index (χ1v) is 6.75. The number of benzene rings is 2. The molecule has 0 aromatic heterocycles. The topological polar surface area (TPSA) is 44.5 Å². The molecular weight excluding hydrogens is 297 g/mol. The largest absolute Gasteiger partial charge is 0.495 e. The summed E-state index contributed by atoms with van der Waals surface area (Å²) >= 11 is 12.2. The lowest BCUT2D eigenvalue weighted by molar-refractivity contribution is 0.390. The molecule has 2 aromatic rings. The maximum Gasteiger partial charge on any atom is 0.146 e. The van der Waals surface area contributed by atoms with E-state index in [1.54, 1.807) is 26.4 Å². The minimum absolute atomic E-state index is 0.382. The van der Waals surface area contributed by atoms with Crippen LogP contribution in [-0.2, 0) is 0 Å². The Labute approximate surface area is 128 Å². The van der Waals surface area contributed by atoms with Gasteiger partial charge in [0.15, 0.2) is 0 Å². The smallest absolute Gasteiger partial charge is 0.146 e. The van der Waals surface area contributed by atoms with Crippen molar-refractivity contribution < 1.29 is 9.47 Å². The fourth-order valence-corrected chi connectivity index (χ4v) is 2.57. The van der Waals surface area contributed by atoms with E-state index in [1.165, 1.54) is 0 Å². The molecule has 1 unspecified atom stereocenters. The number of nitrogens with two attached hydrogens (primary N) is 1. The summed E-state index contributed by atoms with van der Waals surface area (Å²) in [5.74, 6) is 1.06. The van der Waals surface area contributed by atoms with Gasteiger partial charge in [-0.3, -0.25) is 0 Å². The lowest BCUT2D eigenvalue weighted by Crippen LogP contribution is -2.13. The molecule has 0 spiro atoms. The molecule has 0 aliphatic rings. The van der Waals surface area contributed by atoms with Crippen molar-refractivity contribution in [3.8, 4) is 11.5 Å². The van der Waals surface area contributed by atoms with Crippen molar-refractivity contribution in [1.82, 2.24) is 0 Å². The lowest BCUT2D eigenvalue weighted by atomic mass is 9.98. The zero-order valence-corrected chi connectivity index (χ0v) is 12.7. The Hall–Kier alpha value is -1.42. The van der Waals surface area contributed by atoms with Gasteiger partial charge in [-0.15, -0.1) is 0 Å². The zero-order valence-electron chi connectivity index (χ0n) is 11.2. The van der Waals surface area contributed by atoms with Crippen LogP contribution in [0.25, 0.3) is 0 Å². The molecule has 3 nitrogen and oxygen atoms in total. The highest BCUT2D eigenvalue weighted by Gasteiger charge is 2.19. The molecule has 0 fully saturated rings. The van der Waals surface area contributed by atoms with Crippen molar-refractivity contribution in [3.63, 3.8) is 0 Å². The van der Waals surface area contributed by atoms with Gasteiger partial charge in [-0.25, -0.2) is 0 Å². The van der Waals surface area contributed by atoms with Crippen molar-refractivity contribution in [2.45, 2.75) is 6.04 Å². The third-order valence-corrected chi connectivity index (χ3v) is 3.65. The van der Waals surface area contributed by atoms with Crippen LogP contribution in [0.4, 0.5) is 0 Å². The van der Waals surface area contributed by atoms with Crippen LogP contribution in [0.15, 0.2) is 36.4 Å². The molecule has 0 aliphatic heterocycles. The molecule has 0 radical (unpaired) electrons. The number of halogens is 2. The Morgan fingerprint density at radius 3 is 2.40 bits per heavy atom. The molecule has 106 valence electrons. The normalized spacial score (nSPS) is 12.1. The Morgan fingerprint density at radius 2 is 1.80 bits per heavy atom. The van der Waals surface area contributed by atoms with E-state index in [-0.39, 0.29) is 6.04 Å². The van der Waals surface area contributed by atoms with Crippen LogP contribution < -0.4 is 15.2 Å². The average Bonchev–Trinajstić information content (AvgIpc) is 2.46. The van der Waals surface area contributed by atoms with E-state index < -0.39 is 0 Å². The van der Waals surface area contributed by atoms with E-state index in [9.17, 15) is 0 Å². The second-order valence-electron chi connectivity index (χ2n) is 4.24. The predicted molar refractivity (Wildman–Crippen MR) is 82.0 cm³/mol. The Balaban J connectivity index is 2.49. The maximum atomic E-state index is 6.28. The molecule has 2 N–H and O–H groups in total. The first-order valence-electron chi connectivity index (χ1n) is 6.00. The summed E-state index contributed by atoms with van der Waals surface area (Å²) in [4.78, 5) is 0. The van der Waals surface area contributed by atoms with Gasteiger partial charge in [-0.05, 0) is 29.8 Å². The van der Waals surface area contributed by atoms with Crippen LogP contribution in [0.2, 0.25) is 10.0 Å². The van der Waals surface area contributed by atoms with Crippen LogP contribution in [-0.4, -0.2) is 14.2 Å². The molecule has 2 rings (SSSR count). The molecule has 0 heterocycles. The lowest BCUT2D eigenvalue weighted by Gasteiger charge is -2.18. The first-order chi connectivity index (χ1) is 9.58. The van der Waals surface area contributed by atoms with E-state index in [4.69, 9.17) is 38.4 Å². The van der Waals surface area contributed by atoms with E-state index in [0.29, 0.717) is 21.5 Å². The summed E-state index contributed by atoms with van der Waals surface area (Å²) < 4.78 is 10.5. The summed E-state index contributed by atoms with van der Waals surface area (Å²) in [5, 5.41) is 1.04. The molecule has 0 aliphatic carbocycles. The van der Waals surface area contributed by atoms with Crippen molar-refractivity contribution >= 4 is 23.2 Å². The van der Waals surface area contributed by atoms with Gasteiger partial charge < -0.3 is 15.2 Å². The van der Waals surface area contributed by atoms with Crippen LogP contribution in [0.3, 0.4) is 0 Å². The number of rotatable bonds is 4. The highest BCUT2D eigenvalue weighted by atomic mass is 35.5. The molecule has 0 amide bonds. The summed E-state index contributed by atoms with van der Waals surface area (Å²) in [7, 11) is 3.10. The first kappa shape index (κ1) is 15.0. The number of methoxy groups -OCH3 is 2. The van der Waals surface area contributed by atoms with Crippen molar-refractivity contribution in [2.24, 2.45) is 5.73 Å². The van der Waals surface area contributed by atoms with Gasteiger partial charge in [0.2, 0.25) is 0 Å². The Morgan fingerprint density at radius 1 is 1.05 bits per heavy atom. The highest BCUT2D eigenvalue weighted by Crippen LogP contribution is 2.40. The van der Waals surface area contributed by atoms with Crippen molar-refractivity contribution in [1.29, 1.82) is 0 Å². The van der Waals surface area contributed by atoms with Gasteiger partial charge >= 0.3 is 0 Å². The Bertz CT molecular complexity index is 617. The summed E-state index contributed by atoms with van der Waals surface area (Å²) in [5.41, 5.74) is 7.95. The number of hydrogen-bond donors (Lipinski definition) is 1. The van der Waals surface area contributed by atoms with Crippen LogP contribution >= 0.6 is 23.2 Å². The summed E-state index contributed by atoms with van der Waals surface area (Å²) in [6.45, 7) is 0. The summed E-state index contributed by atoms with van der Waals surface area (Å²) in [6, 6.07) is 10.6. The standard InChI is InChI=1S/C15H15Cl2NO2/c1-19-12-7-6-11(15(20-2)13(12)17)14(18)9-4-3-5-10(16)8-9/h3-8,14H,18H2,1-2H3. The quantitative estimate of drug-likeness (QED) is 0.926. The molecule has 1 atom stereocenters. The Kier molecular flexibility index (Phi) is 4.76. The van der Waals surface area contributed by atoms with Gasteiger partial charge in [-0.1, -0.05) is 35.3 Å². The molecule has 5 heteroatoms. The van der Waals surface area contributed by atoms with Gasteiger partial charge in [0.1, 0.15) is 16.5 Å². The van der Waals surface area contributed by atoms with Gasteiger partial charge in [0, 0.05) is 10.6 Å². The number of hydrogen-bond acceptors (Lipinski definition) is 3. The van der Waals surface area contributed by atoms with Crippen LogP contribution in [0.1, 0.15) is 17.2 Å². The van der Waals surface area contributed by atoms with Crippen LogP contribution in [0, 0.1) is 0 Å². The molecule has 0 saturated heterocycles. The van der Waals surface area contributed by atoms with E-state index >= 15 is 0 Å². The van der Waals surface area contributed by atoms with Gasteiger partial charge in [-0.2, -0.15) is 0 Å². The third kappa shape index (κ3) is 2.85. The second kappa shape index (κ2) is 6.35. The molecule has 0 saturated carbocycles. The SMILES string of the molecule is COc1ccc(C(N)c2cccc(Cl)c2)c(OC)c1Cl. The fourth-order valence-electron chi connectivity index (χ4n) is 2.04. The third-order valence-electron chi connectivity index (χ3n) is 3.06. The van der Waals surface area contributed by atoms with Gasteiger partial charge in [0.05, 0.1) is 20.3 Å². The minimum atomic E-state index is -0.382. The highest BCUT2D eigenvalue weighted by molar-refractivity contribution is 6.33. The zero-order chi connectivity index (χ0) is 14.7. The molecule has 2 aromatic carbocycles. The molecule has 0 bridgehead atoms. The van der Waals surface area contributed by atoms with Gasteiger partial charge in [0.25, 0.3) is 0 Å². The van der Waals surface area contributed by atoms with E-state index in [2.05, 4.69) is 0 Å². The van der Waals surface area contributed by atoms with Crippen molar-refractivity contribution in [2.75, 3.05) is 14.2 Å². The molecule has 20 heavy (non-hydrogen) atoms. The van der Waals surface area contributed by atoms with E-state index in [1.807, 2.05) is 24.3 Å². The van der Waals surface area contributed by atoms with E-state index in [0.717, 1.165) is 11.1 Å². The van der Waals surface area contributed by atoms with Crippen LogP contribution in [0.5, 0.6) is 11.5 Å². The summed E-state index contributed by atoms with van der Waals surface area (Å²) in [6.07, 6.45) is 0. The number of ether oxygens (including phenoxy) is 2.